The number of nitro groups is 1. The van der Waals surface area contributed by atoms with Crippen LogP contribution in [0.2, 0.25) is 0 Å². The Morgan fingerprint density at radius 1 is 1.32 bits per heavy atom. The molecule has 2 aromatic rings. The summed E-state index contributed by atoms with van der Waals surface area (Å²) >= 11 is 0. The summed E-state index contributed by atoms with van der Waals surface area (Å²) in [5, 5.41) is 32.2. The van der Waals surface area contributed by atoms with E-state index in [9.17, 15) is 25.3 Å². The molecule has 2 rings (SSSR count). The highest BCUT2D eigenvalue weighted by molar-refractivity contribution is 6.01. The third-order valence-electron chi connectivity index (χ3n) is 3.52. The number of phenols is 1. The van der Waals surface area contributed by atoms with E-state index in [1.54, 1.807) is 13.0 Å². The lowest BCUT2D eigenvalue weighted by molar-refractivity contribution is -0.385. The van der Waals surface area contributed by atoms with Gasteiger partial charge in [0.2, 0.25) is 0 Å². The Hall–Kier alpha value is -3.66. The number of carbonyl (C=O) groups is 1. The molecule has 0 fully saturated rings. The second-order valence-electron chi connectivity index (χ2n) is 5.28. The van der Waals surface area contributed by atoms with Gasteiger partial charge in [-0.3, -0.25) is 14.9 Å². The van der Waals surface area contributed by atoms with E-state index in [1.165, 1.54) is 12.1 Å². The molecule has 0 aliphatic rings. The van der Waals surface area contributed by atoms with E-state index < -0.39 is 22.3 Å². The largest absolute Gasteiger partial charge is 0.502 e. The lowest BCUT2D eigenvalue weighted by Crippen LogP contribution is -2.27. The molecule has 0 aliphatic heterocycles. The fourth-order valence-corrected chi connectivity index (χ4v) is 2.19. The van der Waals surface area contributed by atoms with Crippen LogP contribution in [-0.2, 0) is 4.79 Å². The maximum absolute atomic E-state index is 12.3. The average Bonchev–Trinajstić information content (AvgIpc) is 2.61. The third-order valence-corrected chi connectivity index (χ3v) is 3.52. The zero-order valence-electron chi connectivity index (χ0n) is 13.3. The number of carbonyl (C=O) groups excluding carboxylic acids is 1. The molecule has 0 heterocycles. The molecule has 0 saturated heterocycles. The van der Waals surface area contributed by atoms with Gasteiger partial charge in [0.1, 0.15) is 11.6 Å². The zero-order chi connectivity index (χ0) is 18.4. The Labute approximate surface area is 144 Å². The van der Waals surface area contributed by atoms with Crippen LogP contribution >= 0.6 is 0 Å². The van der Waals surface area contributed by atoms with E-state index in [4.69, 9.17) is 0 Å². The number of phenolic OH excluding ortho intramolecular Hbond substituents is 1. The Kier molecular flexibility index (Phi) is 5.48. The number of nitro benzene ring substituents is 1. The molecule has 1 amide bonds. The minimum absolute atomic E-state index is 0.192. The lowest BCUT2D eigenvalue weighted by Gasteiger charge is -2.13. The zero-order valence-corrected chi connectivity index (χ0v) is 13.3. The van der Waals surface area contributed by atoms with Crippen molar-refractivity contribution in [2.75, 3.05) is 0 Å². The minimum atomic E-state index is -0.740. The van der Waals surface area contributed by atoms with E-state index in [0.29, 0.717) is 0 Å². The van der Waals surface area contributed by atoms with E-state index in [1.807, 2.05) is 30.3 Å². The molecule has 2 aromatic carbocycles. The van der Waals surface area contributed by atoms with Crippen LogP contribution in [0.1, 0.15) is 24.1 Å². The maximum atomic E-state index is 12.3. The number of nitrogens with one attached hydrogen (secondary N) is 1. The van der Waals surface area contributed by atoms with Crippen molar-refractivity contribution in [1.82, 2.24) is 5.32 Å². The van der Waals surface area contributed by atoms with Gasteiger partial charge in [-0.15, -0.1) is 0 Å². The van der Waals surface area contributed by atoms with Gasteiger partial charge in [0.25, 0.3) is 5.91 Å². The van der Waals surface area contributed by atoms with Crippen LogP contribution in [0.3, 0.4) is 0 Å². The molecule has 0 saturated carbocycles. The van der Waals surface area contributed by atoms with E-state index in [0.717, 1.165) is 17.7 Å². The fourth-order valence-electron chi connectivity index (χ4n) is 2.19. The highest BCUT2D eigenvalue weighted by Crippen LogP contribution is 2.27. The predicted octanol–water partition coefficient (Wildman–Crippen LogP) is 3.08. The third kappa shape index (κ3) is 4.42. The van der Waals surface area contributed by atoms with Crippen LogP contribution in [0.25, 0.3) is 6.08 Å². The number of nitrogens with zero attached hydrogens (tertiary/aromatic N) is 2. The van der Waals surface area contributed by atoms with E-state index in [-0.39, 0.29) is 17.2 Å². The summed E-state index contributed by atoms with van der Waals surface area (Å²) in [6, 6.07) is 14.3. The summed E-state index contributed by atoms with van der Waals surface area (Å²) < 4.78 is 0. The minimum Gasteiger partial charge on any atom is -0.502 e. The number of hydrogen-bond acceptors (Lipinski definition) is 5. The summed E-state index contributed by atoms with van der Waals surface area (Å²) in [6.07, 6.45) is 1.24. The molecule has 2 N–H and O–H groups in total. The van der Waals surface area contributed by atoms with Gasteiger partial charge >= 0.3 is 5.69 Å². The standard InChI is InChI=1S/C18H15N3O4/c1-12(14-5-3-2-4-6-14)20-18(23)15(11-19)9-13-7-8-17(22)16(10-13)21(24)25/h2-10,12,22H,1H3,(H,20,23)/b15-9+. The van der Waals surface area contributed by atoms with Crippen LogP contribution in [0.5, 0.6) is 5.75 Å². The molecule has 0 aliphatic carbocycles. The molecular formula is C18H15N3O4. The number of rotatable bonds is 5. The van der Waals surface area contributed by atoms with Gasteiger partial charge < -0.3 is 10.4 Å². The fraction of sp³-hybridized carbons (Fsp3) is 0.111. The molecular weight excluding hydrogens is 322 g/mol. The van der Waals surface area contributed by atoms with Gasteiger partial charge in [-0.05, 0) is 30.2 Å². The molecule has 1 atom stereocenters. The first-order valence-electron chi connectivity index (χ1n) is 7.37. The monoisotopic (exact) mass is 337 g/mol. The van der Waals surface area contributed by atoms with Gasteiger partial charge in [-0.1, -0.05) is 36.4 Å². The summed E-state index contributed by atoms with van der Waals surface area (Å²) in [6.45, 7) is 1.79. The van der Waals surface area contributed by atoms with Gasteiger partial charge in [0.15, 0.2) is 5.75 Å². The smallest absolute Gasteiger partial charge is 0.311 e. The lowest BCUT2D eigenvalue weighted by atomic mass is 10.1. The van der Waals surface area contributed by atoms with Crippen LogP contribution in [0.15, 0.2) is 54.1 Å². The van der Waals surface area contributed by atoms with Crippen molar-refractivity contribution in [1.29, 1.82) is 5.26 Å². The SMILES string of the molecule is CC(NC(=O)/C(C#N)=C/c1ccc(O)c([N+](=O)[O-])c1)c1ccccc1. The highest BCUT2D eigenvalue weighted by atomic mass is 16.6. The molecule has 1 unspecified atom stereocenters. The van der Waals surface area contributed by atoms with Crippen molar-refractivity contribution in [3.63, 3.8) is 0 Å². The van der Waals surface area contributed by atoms with Crippen molar-refractivity contribution in [3.8, 4) is 11.8 Å². The van der Waals surface area contributed by atoms with Crippen molar-refractivity contribution < 1.29 is 14.8 Å². The van der Waals surface area contributed by atoms with Gasteiger partial charge in [-0.25, -0.2) is 0 Å². The predicted molar refractivity (Wildman–Crippen MR) is 91.4 cm³/mol. The molecule has 25 heavy (non-hydrogen) atoms. The highest BCUT2D eigenvalue weighted by Gasteiger charge is 2.16. The molecule has 0 radical (unpaired) electrons. The topological polar surface area (TPSA) is 116 Å². The first-order chi connectivity index (χ1) is 11.9. The van der Waals surface area contributed by atoms with E-state index >= 15 is 0 Å². The van der Waals surface area contributed by atoms with Crippen LogP contribution < -0.4 is 5.32 Å². The number of amides is 1. The van der Waals surface area contributed by atoms with Gasteiger partial charge in [0.05, 0.1) is 11.0 Å². The molecule has 7 heteroatoms. The van der Waals surface area contributed by atoms with Crippen molar-refractivity contribution in [3.05, 3.63) is 75.3 Å². The second-order valence-corrected chi connectivity index (χ2v) is 5.28. The molecule has 0 bridgehead atoms. The van der Waals surface area contributed by atoms with Crippen LogP contribution in [0.4, 0.5) is 5.69 Å². The Morgan fingerprint density at radius 2 is 2.00 bits per heavy atom. The summed E-state index contributed by atoms with van der Waals surface area (Å²) in [7, 11) is 0. The van der Waals surface area contributed by atoms with E-state index in [2.05, 4.69) is 5.32 Å². The van der Waals surface area contributed by atoms with Crippen LogP contribution in [0, 0.1) is 21.4 Å². The van der Waals surface area contributed by atoms with Crippen molar-refractivity contribution in [2.45, 2.75) is 13.0 Å². The molecule has 7 nitrogen and oxygen atoms in total. The van der Waals surface area contributed by atoms with Gasteiger partial charge in [-0.2, -0.15) is 5.26 Å². The number of hydrogen-bond donors (Lipinski definition) is 2. The first-order valence-corrected chi connectivity index (χ1v) is 7.37. The Bertz CT molecular complexity index is 870. The number of aromatic hydroxyl groups is 1. The van der Waals surface area contributed by atoms with Crippen molar-refractivity contribution in [2.24, 2.45) is 0 Å². The Balaban J connectivity index is 2.23. The van der Waals surface area contributed by atoms with Gasteiger partial charge in [0, 0.05) is 6.07 Å². The second kappa shape index (κ2) is 7.75. The Morgan fingerprint density at radius 3 is 2.60 bits per heavy atom. The van der Waals surface area contributed by atoms with Crippen LogP contribution in [-0.4, -0.2) is 15.9 Å². The quantitative estimate of drug-likeness (QED) is 0.376. The number of benzene rings is 2. The van der Waals surface area contributed by atoms with Crippen molar-refractivity contribution >= 4 is 17.7 Å². The molecule has 126 valence electrons. The first kappa shape index (κ1) is 17.7. The summed E-state index contributed by atoms with van der Waals surface area (Å²) in [5.74, 6) is -1.07. The normalized spacial score (nSPS) is 12.1. The molecule has 0 spiro atoms. The maximum Gasteiger partial charge on any atom is 0.311 e. The average molecular weight is 337 g/mol. The summed E-state index contributed by atoms with van der Waals surface area (Å²) in [5.41, 5.74) is 0.462. The number of nitriles is 1. The summed E-state index contributed by atoms with van der Waals surface area (Å²) in [4.78, 5) is 22.4. The molecule has 0 aromatic heterocycles.